The normalized spacial score (nSPS) is 14.6. The number of aromatic nitrogens is 1. The third kappa shape index (κ3) is 2.56. The van der Waals surface area contributed by atoms with Crippen LogP contribution in [0, 0.1) is 0 Å². The smallest absolute Gasteiger partial charge is 0.336 e. The Labute approximate surface area is 102 Å². The van der Waals surface area contributed by atoms with Crippen LogP contribution in [0.4, 0.5) is 26.3 Å². The monoisotopic (exact) mass is 331 g/mol. The maximum Gasteiger partial charge on any atom is 0.503 e. The summed E-state index contributed by atoms with van der Waals surface area (Å²) in [5, 5.41) is -3.38. The average molecular weight is 331 g/mol. The second kappa shape index (κ2) is 4.13. The number of alkyl halides is 6. The van der Waals surface area contributed by atoms with Gasteiger partial charge in [0.05, 0.1) is 0 Å². The van der Waals surface area contributed by atoms with Crippen LogP contribution in [0.5, 0.6) is 0 Å². The zero-order chi connectivity index (χ0) is 15.3. The first kappa shape index (κ1) is 15.8. The Bertz CT molecular complexity index is 622. The summed E-state index contributed by atoms with van der Waals surface area (Å²) in [7, 11) is -11.9. The SMILES string of the molecule is O=S(=O)(c1ccc(S(=O)(=O)C(F)(F)F)[nH]1)C(F)(F)F. The average Bonchev–Trinajstić information content (AvgIpc) is 2.62. The van der Waals surface area contributed by atoms with Crippen molar-refractivity contribution in [3.05, 3.63) is 12.1 Å². The highest BCUT2D eigenvalue weighted by molar-refractivity contribution is 7.93. The maximum absolute atomic E-state index is 12.1. The van der Waals surface area contributed by atoms with Gasteiger partial charge in [0.2, 0.25) is 0 Å². The molecule has 0 unspecified atom stereocenters. The molecule has 110 valence electrons. The van der Waals surface area contributed by atoms with Crippen molar-refractivity contribution >= 4 is 19.7 Å². The number of H-pyrrole nitrogens is 1. The molecule has 0 saturated heterocycles. The molecular weight excluding hydrogens is 328 g/mol. The van der Waals surface area contributed by atoms with Crippen LogP contribution in [0.1, 0.15) is 0 Å². The van der Waals surface area contributed by atoms with Crippen molar-refractivity contribution in [3.8, 4) is 0 Å². The predicted molar refractivity (Wildman–Crippen MR) is 47.3 cm³/mol. The van der Waals surface area contributed by atoms with Crippen molar-refractivity contribution in [1.82, 2.24) is 4.98 Å². The summed E-state index contributed by atoms with van der Waals surface area (Å²) in [6, 6.07) is 0.170. The highest BCUT2D eigenvalue weighted by Crippen LogP contribution is 2.33. The maximum atomic E-state index is 12.1. The summed E-state index contributed by atoms with van der Waals surface area (Å²) in [6.07, 6.45) is 0. The lowest BCUT2D eigenvalue weighted by Crippen LogP contribution is -2.25. The van der Waals surface area contributed by atoms with Gasteiger partial charge in [0.25, 0.3) is 19.7 Å². The van der Waals surface area contributed by atoms with E-state index in [2.05, 4.69) is 0 Å². The number of sulfone groups is 2. The van der Waals surface area contributed by atoms with Gasteiger partial charge < -0.3 is 4.98 Å². The van der Waals surface area contributed by atoms with Crippen LogP contribution in [0.25, 0.3) is 0 Å². The molecule has 1 aromatic rings. The van der Waals surface area contributed by atoms with Gasteiger partial charge in [-0.1, -0.05) is 0 Å². The van der Waals surface area contributed by atoms with E-state index in [0.29, 0.717) is 0 Å². The van der Waals surface area contributed by atoms with Gasteiger partial charge in [-0.3, -0.25) is 0 Å². The molecular formula is C6H3F6NO4S2. The van der Waals surface area contributed by atoms with Gasteiger partial charge >= 0.3 is 11.0 Å². The Hall–Kier alpha value is -1.24. The third-order valence-corrected chi connectivity index (χ3v) is 4.67. The molecule has 0 saturated carbocycles. The second-order valence-electron chi connectivity index (χ2n) is 3.09. The lowest BCUT2D eigenvalue weighted by molar-refractivity contribution is -0.0439. The van der Waals surface area contributed by atoms with E-state index in [4.69, 9.17) is 0 Å². The second-order valence-corrected chi connectivity index (χ2v) is 6.90. The molecule has 0 fully saturated rings. The summed E-state index contributed by atoms with van der Waals surface area (Å²) >= 11 is 0. The third-order valence-electron chi connectivity index (χ3n) is 1.82. The van der Waals surface area contributed by atoms with Crippen molar-refractivity contribution in [2.75, 3.05) is 0 Å². The molecule has 19 heavy (non-hydrogen) atoms. The fourth-order valence-corrected chi connectivity index (χ4v) is 2.47. The van der Waals surface area contributed by atoms with Gasteiger partial charge in [-0.25, -0.2) is 16.8 Å². The Morgan fingerprint density at radius 2 is 1.00 bits per heavy atom. The molecule has 13 heteroatoms. The van der Waals surface area contributed by atoms with Gasteiger partial charge in [0.15, 0.2) is 0 Å². The molecule has 0 aliphatic carbocycles. The molecule has 0 radical (unpaired) electrons. The van der Waals surface area contributed by atoms with E-state index in [1.54, 1.807) is 0 Å². The van der Waals surface area contributed by atoms with E-state index in [0.717, 1.165) is 4.98 Å². The van der Waals surface area contributed by atoms with E-state index < -0.39 is 40.7 Å². The lowest BCUT2D eigenvalue weighted by atomic mass is 10.7. The highest BCUT2D eigenvalue weighted by atomic mass is 32.2. The van der Waals surface area contributed by atoms with E-state index in [-0.39, 0.29) is 12.1 Å². The number of hydrogen-bond donors (Lipinski definition) is 1. The lowest BCUT2D eigenvalue weighted by Gasteiger charge is -2.07. The molecule has 0 atom stereocenters. The van der Waals surface area contributed by atoms with Crippen LogP contribution in [0.2, 0.25) is 0 Å². The molecule has 0 aliphatic heterocycles. The summed E-state index contributed by atoms with van der Waals surface area (Å²) in [6.45, 7) is 0. The fourth-order valence-electron chi connectivity index (χ4n) is 0.919. The van der Waals surface area contributed by atoms with Crippen LogP contribution in [-0.2, 0) is 19.7 Å². The topological polar surface area (TPSA) is 84.1 Å². The fraction of sp³-hybridized carbons (Fsp3) is 0.333. The Morgan fingerprint density at radius 3 is 1.21 bits per heavy atom. The Kier molecular flexibility index (Phi) is 3.44. The molecule has 0 amide bonds. The van der Waals surface area contributed by atoms with Gasteiger partial charge in [-0.2, -0.15) is 26.3 Å². The minimum atomic E-state index is -5.95. The number of hydrogen-bond acceptors (Lipinski definition) is 4. The summed E-state index contributed by atoms with van der Waals surface area (Å²) < 4.78 is 116. The standard InChI is InChI=1S/C6H3F6NO4S2/c7-5(8,9)18(14,15)3-1-2-4(13-3)19(16,17)6(10,11)12/h1-2,13H. The summed E-state index contributed by atoms with van der Waals surface area (Å²) in [4.78, 5) is 1.09. The van der Waals surface area contributed by atoms with E-state index in [1.165, 1.54) is 0 Å². The Balaban J connectivity index is 3.39. The van der Waals surface area contributed by atoms with E-state index in [1.807, 2.05) is 0 Å². The van der Waals surface area contributed by atoms with Crippen LogP contribution in [0.15, 0.2) is 22.2 Å². The number of aromatic amines is 1. The van der Waals surface area contributed by atoms with Crippen LogP contribution < -0.4 is 0 Å². The molecule has 1 aromatic heterocycles. The van der Waals surface area contributed by atoms with Crippen molar-refractivity contribution in [2.45, 2.75) is 21.1 Å². The molecule has 0 spiro atoms. The largest absolute Gasteiger partial charge is 0.503 e. The van der Waals surface area contributed by atoms with Gasteiger partial charge in [-0.15, -0.1) is 0 Å². The van der Waals surface area contributed by atoms with Crippen molar-refractivity contribution < 1.29 is 43.2 Å². The molecule has 1 rings (SSSR count). The number of halogens is 6. The van der Waals surface area contributed by atoms with Crippen molar-refractivity contribution in [2.24, 2.45) is 0 Å². The van der Waals surface area contributed by atoms with Gasteiger partial charge in [0, 0.05) is 0 Å². The number of rotatable bonds is 2. The summed E-state index contributed by atoms with van der Waals surface area (Å²) in [5.74, 6) is 0. The molecule has 0 aromatic carbocycles. The first-order valence-electron chi connectivity index (χ1n) is 4.03. The van der Waals surface area contributed by atoms with Crippen molar-refractivity contribution in [3.63, 3.8) is 0 Å². The zero-order valence-electron chi connectivity index (χ0n) is 8.37. The molecule has 0 aliphatic rings. The minimum absolute atomic E-state index is 0.0848. The quantitative estimate of drug-likeness (QED) is 0.835. The minimum Gasteiger partial charge on any atom is -0.336 e. The van der Waals surface area contributed by atoms with E-state index in [9.17, 15) is 43.2 Å². The number of nitrogens with one attached hydrogen (secondary N) is 1. The van der Waals surface area contributed by atoms with Gasteiger partial charge in [0.1, 0.15) is 10.1 Å². The predicted octanol–water partition coefficient (Wildman–Crippen LogP) is 1.60. The van der Waals surface area contributed by atoms with Crippen LogP contribution >= 0.6 is 0 Å². The zero-order valence-corrected chi connectivity index (χ0v) is 10.0. The van der Waals surface area contributed by atoms with Crippen LogP contribution in [-0.4, -0.2) is 32.8 Å². The molecule has 5 nitrogen and oxygen atoms in total. The molecule has 1 heterocycles. The summed E-state index contributed by atoms with van der Waals surface area (Å²) in [5.41, 5.74) is -11.5. The highest BCUT2D eigenvalue weighted by Gasteiger charge is 2.51. The molecule has 0 bridgehead atoms. The first-order valence-corrected chi connectivity index (χ1v) is 6.99. The molecule has 1 N–H and O–H groups in total. The first-order chi connectivity index (χ1) is 8.21. The van der Waals surface area contributed by atoms with Gasteiger partial charge in [-0.05, 0) is 12.1 Å². The van der Waals surface area contributed by atoms with E-state index >= 15 is 0 Å². The van der Waals surface area contributed by atoms with Crippen molar-refractivity contribution in [1.29, 1.82) is 0 Å². The Morgan fingerprint density at radius 1 is 0.737 bits per heavy atom. The van der Waals surface area contributed by atoms with Crippen LogP contribution in [0.3, 0.4) is 0 Å².